The number of nitrogens with one attached hydrogen (secondary N) is 1. The molecule has 6 nitrogen and oxygen atoms in total. The highest BCUT2D eigenvalue weighted by Gasteiger charge is 2.13. The Morgan fingerprint density at radius 3 is 2.52 bits per heavy atom. The van der Waals surface area contributed by atoms with Gasteiger partial charge >= 0.3 is 5.97 Å². The lowest BCUT2D eigenvalue weighted by atomic mass is 9.95. The van der Waals surface area contributed by atoms with Crippen LogP contribution >= 0.6 is 0 Å². The van der Waals surface area contributed by atoms with Crippen LogP contribution < -0.4 is 10.1 Å². The number of H-pyrrole nitrogens is 1. The van der Waals surface area contributed by atoms with E-state index in [1.54, 1.807) is 18.2 Å². The number of hydrogen-bond donors (Lipinski definition) is 1. The van der Waals surface area contributed by atoms with Crippen molar-refractivity contribution >= 4 is 16.9 Å². The van der Waals surface area contributed by atoms with Gasteiger partial charge in [0.15, 0.2) is 18.2 Å². The van der Waals surface area contributed by atoms with Crippen LogP contribution in [0.3, 0.4) is 0 Å². The molecule has 0 bridgehead atoms. The van der Waals surface area contributed by atoms with Gasteiger partial charge in [0, 0.05) is 12.1 Å². The molecule has 0 unspecified atom stereocenters. The molecule has 0 aliphatic heterocycles. The van der Waals surface area contributed by atoms with E-state index in [-0.39, 0.29) is 5.56 Å². The molecular formula is C21H24N3O3+. The number of carbonyl (C=O) groups is 1. The summed E-state index contributed by atoms with van der Waals surface area (Å²) in [6, 6.07) is 8.98. The van der Waals surface area contributed by atoms with Gasteiger partial charge in [-0.25, -0.2) is 9.78 Å². The first-order valence-electron chi connectivity index (χ1n) is 9.16. The Kier molecular flexibility index (Phi) is 5.64. The Labute approximate surface area is 157 Å². The van der Waals surface area contributed by atoms with Gasteiger partial charge in [-0.15, -0.1) is 0 Å². The molecule has 0 saturated heterocycles. The molecule has 0 radical (unpaired) electrons. The van der Waals surface area contributed by atoms with Gasteiger partial charge in [-0.05, 0) is 42.5 Å². The van der Waals surface area contributed by atoms with Gasteiger partial charge in [-0.2, -0.15) is 4.57 Å². The molecule has 1 aromatic carbocycles. The van der Waals surface area contributed by atoms with E-state index in [4.69, 9.17) is 4.74 Å². The van der Waals surface area contributed by atoms with E-state index in [0.717, 1.165) is 12.8 Å². The van der Waals surface area contributed by atoms with Crippen LogP contribution in [0.2, 0.25) is 0 Å². The Bertz CT molecular complexity index is 1010. The van der Waals surface area contributed by atoms with Crippen LogP contribution in [-0.4, -0.2) is 23.0 Å². The molecular weight excluding hydrogens is 342 g/mol. The average Bonchev–Trinajstić information content (AvgIpc) is 2.69. The fourth-order valence-corrected chi connectivity index (χ4v) is 3.29. The Balaban J connectivity index is 1.90. The first-order valence-corrected chi connectivity index (χ1v) is 9.16. The monoisotopic (exact) mass is 366 g/mol. The molecule has 6 heteroatoms. The van der Waals surface area contributed by atoms with Crippen molar-refractivity contribution in [3.63, 3.8) is 0 Å². The summed E-state index contributed by atoms with van der Waals surface area (Å²) < 4.78 is 6.71. The zero-order valence-electron chi connectivity index (χ0n) is 15.9. The topological polar surface area (TPSA) is 75.9 Å². The summed E-state index contributed by atoms with van der Waals surface area (Å²) in [5, 5.41) is 0.445. The second-order valence-electron chi connectivity index (χ2n) is 6.55. The molecule has 2 aromatic heterocycles. The minimum Gasteiger partial charge on any atom is -0.465 e. The van der Waals surface area contributed by atoms with Crippen LogP contribution in [0.4, 0.5) is 0 Å². The number of rotatable bonds is 6. The zero-order valence-corrected chi connectivity index (χ0v) is 15.9. The Hall–Kier alpha value is -3.02. The van der Waals surface area contributed by atoms with Crippen LogP contribution in [0, 0.1) is 0 Å². The van der Waals surface area contributed by atoms with Gasteiger partial charge in [0.1, 0.15) is 0 Å². The number of esters is 1. The molecule has 0 spiro atoms. The first kappa shape index (κ1) is 18.8. The second-order valence-corrected chi connectivity index (χ2v) is 6.55. The zero-order chi connectivity index (χ0) is 19.4. The van der Waals surface area contributed by atoms with Crippen LogP contribution in [0.15, 0.2) is 47.5 Å². The number of aromatic nitrogens is 3. The average molecular weight is 366 g/mol. The predicted octanol–water partition coefficient (Wildman–Crippen LogP) is 2.95. The quantitative estimate of drug-likeness (QED) is 0.538. The van der Waals surface area contributed by atoms with Crippen molar-refractivity contribution in [3.8, 4) is 0 Å². The molecule has 0 aliphatic carbocycles. The van der Waals surface area contributed by atoms with E-state index < -0.39 is 5.97 Å². The van der Waals surface area contributed by atoms with Crippen LogP contribution in [0.5, 0.6) is 0 Å². The van der Waals surface area contributed by atoms with Gasteiger partial charge in [-0.1, -0.05) is 13.8 Å². The molecule has 27 heavy (non-hydrogen) atoms. The van der Waals surface area contributed by atoms with Crippen molar-refractivity contribution in [2.24, 2.45) is 0 Å². The standard InChI is InChI=1S/C21H23N3O3/c1-4-14(5-2)15-8-10-24(11-9-15)13-19-22-18-12-16(21(26)27-3)6-7-17(18)20(25)23-19/h6-12,14H,4-5,13H2,1-3H3/p+1. The lowest BCUT2D eigenvalue weighted by Crippen LogP contribution is -2.35. The summed E-state index contributed by atoms with van der Waals surface area (Å²) in [4.78, 5) is 31.4. The number of benzene rings is 1. The van der Waals surface area contributed by atoms with Crippen molar-refractivity contribution in [1.82, 2.24) is 9.97 Å². The maximum Gasteiger partial charge on any atom is 0.337 e. The van der Waals surface area contributed by atoms with Crippen LogP contribution in [0.25, 0.3) is 10.9 Å². The number of ether oxygens (including phenoxy) is 1. The van der Waals surface area contributed by atoms with E-state index in [1.165, 1.54) is 12.7 Å². The van der Waals surface area contributed by atoms with Crippen molar-refractivity contribution in [1.29, 1.82) is 0 Å². The summed E-state index contributed by atoms with van der Waals surface area (Å²) in [6.07, 6.45) is 6.23. The largest absolute Gasteiger partial charge is 0.465 e. The summed E-state index contributed by atoms with van der Waals surface area (Å²) >= 11 is 0. The number of fused-ring (bicyclic) bond motifs is 1. The second kappa shape index (κ2) is 8.12. The van der Waals surface area contributed by atoms with Gasteiger partial charge in [0.05, 0.1) is 23.6 Å². The van der Waals surface area contributed by atoms with E-state index in [2.05, 4.69) is 35.9 Å². The Morgan fingerprint density at radius 2 is 1.89 bits per heavy atom. The molecule has 1 N–H and O–H groups in total. The molecule has 2 heterocycles. The lowest BCUT2D eigenvalue weighted by molar-refractivity contribution is -0.689. The molecule has 0 saturated carbocycles. The third-order valence-corrected chi connectivity index (χ3v) is 4.88. The SMILES string of the molecule is CCC(CC)c1cc[n+](Cc2nc3cc(C(=O)OC)ccc3c(=O)[nH]2)cc1. The normalized spacial score (nSPS) is 11.1. The van der Waals surface area contributed by atoms with Crippen molar-refractivity contribution < 1.29 is 14.1 Å². The van der Waals surface area contributed by atoms with Crippen molar-refractivity contribution in [2.45, 2.75) is 39.2 Å². The molecule has 3 aromatic rings. The highest BCUT2D eigenvalue weighted by Crippen LogP contribution is 2.21. The molecule has 140 valence electrons. The van der Waals surface area contributed by atoms with Gasteiger partial charge in [0.25, 0.3) is 5.56 Å². The van der Waals surface area contributed by atoms with Gasteiger partial charge in [-0.3, -0.25) is 4.79 Å². The number of hydrogen-bond acceptors (Lipinski definition) is 4. The van der Waals surface area contributed by atoms with E-state index >= 15 is 0 Å². The van der Waals surface area contributed by atoms with E-state index in [1.807, 2.05) is 17.0 Å². The summed E-state index contributed by atoms with van der Waals surface area (Å²) in [6.45, 7) is 4.83. The highest BCUT2D eigenvalue weighted by molar-refractivity contribution is 5.93. The smallest absolute Gasteiger partial charge is 0.337 e. The van der Waals surface area contributed by atoms with Crippen molar-refractivity contribution in [3.05, 3.63) is 70.0 Å². The van der Waals surface area contributed by atoms with Gasteiger partial charge < -0.3 is 9.72 Å². The lowest BCUT2D eigenvalue weighted by Gasteiger charge is -2.11. The van der Waals surface area contributed by atoms with E-state index in [9.17, 15) is 9.59 Å². The van der Waals surface area contributed by atoms with Crippen LogP contribution in [-0.2, 0) is 11.3 Å². The summed E-state index contributed by atoms with van der Waals surface area (Å²) in [5.74, 6) is 0.650. The fraction of sp³-hybridized carbons (Fsp3) is 0.333. The number of carbonyl (C=O) groups excluding carboxylic acids is 1. The van der Waals surface area contributed by atoms with E-state index in [0.29, 0.717) is 34.8 Å². The molecule has 0 amide bonds. The van der Waals surface area contributed by atoms with Gasteiger partial charge in [0.2, 0.25) is 6.54 Å². The summed E-state index contributed by atoms with van der Waals surface area (Å²) in [7, 11) is 1.32. The Morgan fingerprint density at radius 1 is 1.19 bits per heavy atom. The number of nitrogens with zero attached hydrogens (tertiary/aromatic N) is 2. The minimum atomic E-state index is -0.452. The molecule has 0 fully saturated rings. The number of aromatic amines is 1. The predicted molar refractivity (Wildman–Crippen MR) is 103 cm³/mol. The molecule has 0 aliphatic rings. The maximum absolute atomic E-state index is 12.3. The summed E-state index contributed by atoms with van der Waals surface area (Å²) in [5.41, 5.74) is 1.95. The molecule has 0 atom stereocenters. The van der Waals surface area contributed by atoms with Crippen LogP contribution in [0.1, 0.15) is 54.4 Å². The number of methoxy groups -OCH3 is 1. The number of pyridine rings is 1. The van der Waals surface area contributed by atoms with Crippen molar-refractivity contribution in [2.75, 3.05) is 7.11 Å². The third-order valence-electron chi connectivity index (χ3n) is 4.88. The highest BCUT2D eigenvalue weighted by atomic mass is 16.5. The third kappa shape index (κ3) is 4.05. The minimum absolute atomic E-state index is 0.222. The first-order chi connectivity index (χ1) is 13.0. The maximum atomic E-state index is 12.3. The fourth-order valence-electron chi connectivity index (χ4n) is 3.29. The molecule has 3 rings (SSSR count).